The Bertz CT molecular complexity index is 857. The lowest BCUT2D eigenvalue weighted by atomic mass is 10.1. The Balaban J connectivity index is 2.43. The molecule has 0 saturated heterocycles. The number of methoxy groups -OCH3 is 1. The zero-order valence-corrected chi connectivity index (χ0v) is 16.4. The van der Waals surface area contributed by atoms with Crippen LogP contribution < -0.4 is 5.32 Å². The summed E-state index contributed by atoms with van der Waals surface area (Å²) in [6.45, 7) is 6.42. The summed E-state index contributed by atoms with van der Waals surface area (Å²) in [5.74, 6) is -1.82. The molecule has 27 heavy (non-hydrogen) atoms. The maximum atomic E-state index is 13.0. The highest BCUT2D eigenvalue weighted by molar-refractivity contribution is 7.18. The van der Waals surface area contributed by atoms with E-state index in [1.807, 2.05) is 13.8 Å². The Morgan fingerprint density at radius 1 is 1.15 bits per heavy atom. The van der Waals surface area contributed by atoms with E-state index < -0.39 is 17.7 Å². The summed E-state index contributed by atoms with van der Waals surface area (Å²) in [6, 6.07) is 5.02. The molecule has 0 spiro atoms. The van der Waals surface area contributed by atoms with Crippen molar-refractivity contribution in [1.29, 1.82) is 0 Å². The molecule has 6 nitrogen and oxygen atoms in total. The van der Waals surface area contributed by atoms with Gasteiger partial charge >= 0.3 is 5.97 Å². The molecule has 0 aliphatic heterocycles. The van der Waals surface area contributed by atoms with Gasteiger partial charge in [-0.3, -0.25) is 9.59 Å². The third-order valence-corrected chi connectivity index (χ3v) is 5.31. The smallest absolute Gasteiger partial charge is 0.341 e. The fourth-order valence-electron chi connectivity index (χ4n) is 2.58. The van der Waals surface area contributed by atoms with Crippen LogP contribution in [0.2, 0.25) is 0 Å². The summed E-state index contributed by atoms with van der Waals surface area (Å²) in [7, 11) is 1.23. The molecule has 8 heteroatoms. The first-order valence-corrected chi connectivity index (χ1v) is 9.23. The minimum Gasteiger partial charge on any atom is -0.465 e. The number of amides is 2. The van der Waals surface area contributed by atoms with Gasteiger partial charge in [0.25, 0.3) is 11.8 Å². The van der Waals surface area contributed by atoms with Crippen LogP contribution in [0.1, 0.15) is 49.8 Å². The van der Waals surface area contributed by atoms with Crippen molar-refractivity contribution in [3.63, 3.8) is 0 Å². The van der Waals surface area contributed by atoms with Gasteiger partial charge in [-0.05, 0) is 50.6 Å². The zero-order chi connectivity index (χ0) is 20.1. The van der Waals surface area contributed by atoms with Gasteiger partial charge in [-0.25, -0.2) is 9.18 Å². The van der Waals surface area contributed by atoms with E-state index in [-0.39, 0.29) is 22.0 Å². The zero-order valence-electron chi connectivity index (χ0n) is 15.6. The average Bonchev–Trinajstić information content (AvgIpc) is 2.98. The van der Waals surface area contributed by atoms with Crippen LogP contribution in [0.3, 0.4) is 0 Å². The van der Waals surface area contributed by atoms with Gasteiger partial charge in [0.1, 0.15) is 10.8 Å². The predicted octanol–water partition coefficient (Wildman–Crippen LogP) is 3.72. The number of carbonyl (C=O) groups excluding carboxylic acids is 3. The maximum absolute atomic E-state index is 13.0. The molecule has 0 fully saturated rings. The molecule has 2 rings (SSSR count). The summed E-state index contributed by atoms with van der Waals surface area (Å²) in [5.41, 5.74) is 0.835. The number of thiophene rings is 1. The summed E-state index contributed by atoms with van der Waals surface area (Å²) < 4.78 is 17.9. The SMILES string of the molecule is CCN(CC)C(=O)c1sc(NC(=O)c2ccc(F)cc2)c(C(=O)OC)c1C. The highest BCUT2D eigenvalue weighted by Crippen LogP contribution is 2.35. The van der Waals surface area contributed by atoms with Gasteiger partial charge in [0, 0.05) is 18.7 Å². The molecule has 0 radical (unpaired) electrons. The number of halogens is 1. The molecule has 0 saturated carbocycles. The normalized spacial score (nSPS) is 10.4. The second-order valence-electron chi connectivity index (χ2n) is 5.69. The van der Waals surface area contributed by atoms with E-state index in [0.29, 0.717) is 23.5 Å². The topological polar surface area (TPSA) is 75.7 Å². The molecule has 1 heterocycles. The first-order chi connectivity index (χ1) is 12.8. The van der Waals surface area contributed by atoms with Gasteiger partial charge < -0.3 is 15.0 Å². The minimum atomic E-state index is -0.642. The van der Waals surface area contributed by atoms with E-state index in [9.17, 15) is 18.8 Å². The number of hydrogen-bond donors (Lipinski definition) is 1. The van der Waals surface area contributed by atoms with Gasteiger partial charge in [-0.1, -0.05) is 0 Å². The van der Waals surface area contributed by atoms with Gasteiger partial charge in [-0.15, -0.1) is 11.3 Å². The standard InChI is InChI=1S/C19H21FN2O4S/c1-5-22(6-2)18(24)15-11(3)14(19(25)26-4)17(27-15)21-16(23)12-7-9-13(20)10-8-12/h7-10H,5-6H2,1-4H3,(H,21,23). The van der Waals surface area contributed by atoms with Crippen LogP contribution in [0.4, 0.5) is 9.39 Å². The molecule has 1 N–H and O–H groups in total. The quantitative estimate of drug-likeness (QED) is 0.761. The Labute approximate surface area is 160 Å². The van der Waals surface area contributed by atoms with Crippen molar-refractivity contribution in [2.24, 2.45) is 0 Å². The molecule has 0 aliphatic carbocycles. The summed E-state index contributed by atoms with van der Waals surface area (Å²) in [5, 5.41) is 2.86. The van der Waals surface area contributed by atoms with Crippen molar-refractivity contribution >= 4 is 34.1 Å². The molecule has 0 unspecified atom stereocenters. The molecule has 0 aliphatic rings. The molecule has 144 valence electrons. The van der Waals surface area contributed by atoms with E-state index in [0.717, 1.165) is 11.3 Å². The molecule has 2 aromatic rings. The van der Waals surface area contributed by atoms with E-state index >= 15 is 0 Å². The Morgan fingerprint density at radius 3 is 2.26 bits per heavy atom. The lowest BCUT2D eigenvalue weighted by molar-refractivity contribution is 0.0601. The number of esters is 1. The molecule has 2 amide bonds. The highest BCUT2D eigenvalue weighted by Gasteiger charge is 2.28. The lowest BCUT2D eigenvalue weighted by Gasteiger charge is -2.17. The maximum Gasteiger partial charge on any atom is 0.341 e. The van der Waals surface area contributed by atoms with Crippen LogP contribution in [0.25, 0.3) is 0 Å². The molecular weight excluding hydrogens is 371 g/mol. The number of hydrogen-bond acceptors (Lipinski definition) is 5. The van der Waals surface area contributed by atoms with Gasteiger partial charge in [0.15, 0.2) is 0 Å². The average molecular weight is 392 g/mol. The third kappa shape index (κ3) is 4.33. The van der Waals surface area contributed by atoms with Crippen molar-refractivity contribution in [2.75, 3.05) is 25.5 Å². The lowest BCUT2D eigenvalue weighted by Crippen LogP contribution is -2.30. The number of nitrogens with one attached hydrogen (secondary N) is 1. The van der Waals surface area contributed by atoms with Crippen molar-refractivity contribution in [1.82, 2.24) is 4.90 Å². The van der Waals surface area contributed by atoms with Crippen molar-refractivity contribution in [2.45, 2.75) is 20.8 Å². The van der Waals surface area contributed by atoms with Crippen LogP contribution in [0.15, 0.2) is 24.3 Å². The largest absolute Gasteiger partial charge is 0.465 e. The monoisotopic (exact) mass is 392 g/mol. The number of rotatable bonds is 6. The van der Waals surface area contributed by atoms with E-state index in [1.165, 1.54) is 31.4 Å². The number of benzene rings is 1. The van der Waals surface area contributed by atoms with E-state index in [2.05, 4.69) is 5.32 Å². The van der Waals surface area contributed by atoms with Crippen LogP contribution in [-0.4, -0.2) is 42.9 Å². The predicted molar refractivity (Wildman–Crippen MR) is 102 cm³/mol. The van der Waals surface area contributed by atoms with Crippen LogP contribution in [0, 0.1) is 12.7 Å². The Kier molecular flexibility index (Phi) is 6.68. The Morgan fingerprint density at radius 2 is 1.74 bits per heavy atom. The summed E-state index contributed by atoms with van der Waals surface area (Å²) in [6.07, 6.45) is 0. The van der Waals surface area contributed by atoms with Gasteiger partial charge in [0.2, 0.25) is 0 Å². The first kappa shape index (κ1) is 20.6. The third-order valence-electron chi connectivity index (χ3n) is 4.11. The number of ether oxygens (including phenoxy) is 1. The molecular formula is C19H21FN2O4S. The van der Waals surface area contributed by atoms with E-state index in [4.69, 9.17) is 4.74 Å². The molecule has 1 aromatic carbocycles. The van der Waals surface area contributed by atoms with E-state index in [1.54, 1.807) is 11.8 Å². The second-order valence-corrected chi connectivity index (χ2v) is 6.71. The molecule has 1 aromatic heterocycles. The van der Waals surface area contributed by atoms with Crippen LogP contribution >= 0.6 is 11.3 Å². The van der Waals surface area contributed by atoms with Crippen molar-refractivity contribution < 1.29 is 23.5 Å². The summed E-state index contributed by atoms with van der Waals surface area (Å²) in [4.78, 5) is 39.4. The molecule has 0 bridgehead atoms. The number of carbonyl (C=O) groups is 3. The summed E-state index contributed by atoms with van der Waals surface area (Å²) >= 11 is 1.03. The van der Waals surface area contributed by atoms with Gasteiger partial charge in [0.05, 0.1) is 17.6 Å². The minimum absolute atomic E-state index is 0.147. The highest BCUT2D eigenvalue weighted by atomic mass is 32.1. The van der Waals surface area contributed by atoms with Crippen LogP contribution in [-0.2, 0) is 4.74 Å². The second kappa shape index (κ2) is 8.77. The fourth-order valence-corrected chi connectivity index (χ4v) is 3.74. The van der Waals surface area contributed by atoms with Crippen LogP contribution in [0.5, 0.6) is 0 Å². The Hall–Kier alpha value is -2.74. The van der Waals surface area contributed by atoms with Gasteiger partial charge in [-0.2, -0.15) is 0 Å². The first-order valence-electron chi connectivity index (χ1n) is 8.41. The van der Waals surface area contributed by atoms with Crippen molar-refractivity contribution in [3.05, 3.63) is 51.7 Å². The molecule has 0 atom stereocenters. The number of anilines is 1. The number of nitrogens with zero attached hydrogens (tertiary/aromatic N) is 1. The fraction of sp³-hybridized carbons (Fsp3) is 0.316. The van der Waals surface area contributed by atoms with Crippen molar-refractivity contribution in [3.8, 4) is 0 Å².